The van der Waals surface area contributed by atoms with E-state index < -0.39 is 0 Å². The van der Waals surface area contributed by atoms with Gasteiger partial charge < -0.3 is 14.9 Å². The number of hydrogen-bond donors (Lipinski definition) is 1. The van der Waals surface area contributed by atoms with Crippen LogP contribution in [0, 0.1) is 5.41 Å². The van der Waals surface area contributed by atoms with E-state index in [-0.39, 0.29) is 23.0 Å². The molecule has 0 radical (unpaired) electrons. The Kier molecular flexibility index (Phi) is 5.03. The first-order valence-electron chi connectivity index (χ1n) is 9.81. The van der Waals surface area contributed by atoms with E-state index >= 15 is 0 Å². The summed E-state index contributed by atoms with van der Waals surface area (Å²) in [5, 5.41) is 9.96. The minimum absolute atomic E-state index is 0.0255. The number of aromatic nitrogens is 1. The van der Waals surface area contributed by atoms with Crippen molar-refractivity contribution in [1.29, 1.82) is 0 Å². The lowest BCUT2D eigenvalue weighted by Crippen LogP contribution is -2.52. The van der Waals surface area contributed by atoms with E-state index in [4.69, 9.17) is 0 Å². The highest BCUT2D eigenvalue weighted by atomic mass is 16.3. The number of piperidine rings is 2. The molecule has 146 valence electrons. The molecule has 1 spiro atoms. The van der Waals surface area contributed by atoms with Gasteiger partial charge in [0.05, 0.1) is 17.8 Å². The van der Waals surface area contributed by atoms with Crippen molar-refractivity contribution in [2.75, 3.05) is 19.6 Å². The van der Waals surface area contributed by atoms with E-state index in [1.54, 1.807) is 30.5 Å². The fourth-order valence-corrected chi connectivity index (χ4v) is 4.35. The third kappa shape index (κ3) is 3.72. The van der Waals surface area contributed by atoms with Crippen LogP contribution in [0.2, 0.25) is 0 Å². The zero-order valence-electron chi connectivity index (χ0n) is 15.9. The minimum atomic E-state index is -0.120. The number of pyridine rings is 1. The molecular formula is C22H25N3O3. The van der Waals surface area contributed by atoms with Gasteiger partial charge in [0.15, 0.2) is 0 Å². The number of amides is 2. The lowest BCUT2D eigenvalue weighted by molar-refractivity contribution is -0.139. The van der Waals surface area contributed by atoms with Gasteiger partial charge in [-0.1, -0.05) is 18.2 Å². The second-order valence-corrected chi connectivity index (χ2v) is 7.88. The van der Waals surface area contributed by atoms with Gasteiger partial charge in [-0.05, 0) is 48.9 Å². The third-order valence-corrected chi connectivity index (χ3v) is 6.07. The Balaban J connectivity index is 1.41. The maximum absolute atomic E-state index is 12.7. The van der Waals surface area contributed by atoms with Crippen LogP contribution in [0.5, 0.6) is 5.75 Å². The number of rotatable bonds is 3. The maximum Gasteiger partial charge on any atom is 0.257 e. The second kappa shape index (κ2) is 7.62. The van der Waals surface area contributed by atoms with Crippen molar-refractivity contribution in [3.63, 3.8) is 0 Å². The molecule has 1 aromatic heterocycles. The number of likely N-dealkylation sites (tertiary alicyclic amines) is 2. The molecular weight excluding hydrogens is 354 g/mol. The highest BCUT2D eigenvalue weighted by Crippen LogP contribution is 2.41. The quantitative estimate of drug-likeness (QED) is 0.890. The van der Waals surface area contributed by atoms with E-state index in [9.17, 15) is 14.7 Å². The number of hydrogen-bond acceptors (Lipinski definition) is 4. The first-order chi connectivity index (χ1) is 13.6. The van der Waals surface area contributed by atoms with Crippen LogP contribution in [0.1, 0.15) is 41.7 Å². The monoisotopic (exact) mass is 379 g/mol. The molecule has 3 heterocycles. The van der Waals surface area contributed by atoms with E-state index in [0.717, 1.165) is 31.5 Å². The lowest BCUT2D eigenvalue weighted by Gasteiger charge is -2.47. The van der Waals surface area contributed by atoms with Gasteiger partial charge in [-0.2, -0.15) is 0 Å². The van der Waals surface area contributed by atoms with Gasteiger partial charge in [0.1, 0.15) is 5.75 Å². The van der Waals surface area contributed by atoms with Crippen molar-refractivity contribution in [2.24, 2.45) is 5.41 Å². The molecule has 2 amide bonds. The van der Waals surface area contributed by atoms with E-state index in [1.807, 2.05) is 28.0 Å². The molecule has 0 bridgehead atoms. The number of benzene rings is 1. The Morgan fingerprint density at radius 1 is 1.07 bits per heavy atom. The highest BCUT2D eigenvalue weighted by molar-refractivity contribution is 5.96. The SMILES string of the molecule is O=C1CCC2(CCN(C(=O)c3ccccc3O)CC2)CN1Cc1ccccn1. The number of carbonyl (C=O) groups is 2. The Bertz CT molecular complexity index is 860. The summed E-state index contributed by atoms with van der Waals surface area (Å²) in [7, 11) is 0. The van der Waals surface area contributed by atoms with Crippen molar-refractivity contribution in [2.45, 2.75) is 32.2 Å². The summed E-state index contributed by atoms with van der Waals surface area (Å²) < 4.78 is 0. The first kappa shape index (κ1) is 18.5. The smallest absolute Gasteiger partial charge is 0.257 e. The summed E-state index contributed by atoms with van der Waals surface area (Å²) in [6.45, 7) is 2.57. The topological polar surface area (TPSA) is 73.7 Å². The van der Waals surface area contributed by atoms with Crippen LogP contribution in [0.25, 0.3) is 0 Å². The zero-order valence-corrected chi connectivity index (χ0v) is 15.9. The van der Waals surface area contributed by atoms with Crippen LogP contribution in [-0.2, 0) is 11.3 Å². The maximum atomic E-state index is 12.7. The number of para-hydroxylation sites is 1. The highest BCUT2D eigenvalue weighted by Gasteiger charge is 2.42. The van der Waals surface area contributed by atoms with E-state index in [0.29, 0.717) is 31.6 Å². The molecule has 1 N–H and O–H groups in total. The average molecular weight is 379 g/mol. The van der Waals surface area contributed by atoms with Gasteiger partial charge in [0, 0.05) is 32.3 Å². The molecule has 1 aromatic carbocycles. The standard InChI is InChI=1S/C22H25N3O3/c26-19-7-2-1-6-18(19)21(28)24-13-10-22(11-14-24)9-8-20(27)25(16-22)15-17-5-3-4-12-23-17/h1-7,12,26H,8-11,13-16H2. The molecule has 2 aliphatic rings. The Hall–Kier alpha value is -2.89. The van der Waals surface area contributed by atoms with Gasteiger partial charge in [-0.3, -0.25) is 14.6 Å². The fourth-order valence-electron chi connectivity index (χ4n) is 4.35. The Morgan fingerprint density at radius 3 is 2.54 bits per heavy atom. The van der Waals surface area contributed by atoms with Crippen LogP contribution in [-0.4, -0.2) is 51.3 Å². The molecule has 28 heavy (non-hydrogen) atoms. The van der Waals surface area contributed by atoms with Crippen molar-refractivity contribution in [1.82, 2.24) is 14.8 Å². The van der Waals surface area contributed by atoms with Crippen LogP contribution in [0.15, 0.2) is 48.7 Å². The minimum Gasteiger partial charge on any atom is -0.507 e. The predicted octanol–water partition coefficient (Wildman–Crippen LogP) is 2.83. The Morgan fingerprint density at radius 2 is 1.82 bits per heavy atom. The van der Waals surface area contributed by atoms with Crippen LogP contribution >= 0.6 is 0 Å². The largest absolute Gasteiger partial charge is 0.507 e. The zero-order chi connectivity index (χ0) is 19.6. The summed E-state index contributed by atoms with van der Waals surface area (Å²) in [5.41, 5.74) is 1.33. The van der Waals surface area contributed by atoms with Crippen LogP contribution in [0.4, 0.5) is 0 Å². The molecule has 0 saturated carbocycles. The molecule has 0 atom stereocenters. The molecule has 0 unspecified atom stereocenters. The predicted molar refractivity (Wildman–Crippen MR) is 105 cm³/mol. The summed E-state index contributed by atoms with van der Waals surface area (Å²) >= 11 is 0. The van der Waals surface area contributed by atoms with Gasteiger partial charge in [0.2, 0.25) is 5.91 Å². The van der Waals surface area contributed by atoms with Crippen molar-refractivity contribution < 1.29 is 14.7 Å². The molecule has 2 aromatic rings. The van der Waals surface area contributed by atoms with Crippen LogP contribution in [0.3, 0.4) is 0 Å². The number of nitrogens with zero attached hydrogens (tertiary/aromatic N) is 3. The van der Waals surface area contributed by atoms with Crippen molar-refractivity contribution >= 4 is 11.8 Å². The summed E-state index contributed by atoms with van der Waals surface area (Å²) in [4.78, 5) is 33.3. The van der Waals surface area contributed by atoms with Gasteiger partial charge >= 0.3 is 0 Å². The average Bonchev–Trinajstić information content (AvgIpc) is 2.72. The van der Waals surface area contributed by atoms with Crippen LogP contribution < -0.4 is 0 Å². The molecule has 2 aliphatic heterocycles. The Labute approximate surface area is 164 Å². The summed E-state index contributed by atoms with van der Waals surface area (Å²) in [6, 6.07) is 12.4. The summed E-state index contributed by atoms with van der Waals surface area (Å²) in [6.07, 6.45) is 4.93. The fraction of sp³-hybridized carbons (Fsp3) is 0.409. The van der Waals surface area contributed by atoms with E-state index in [2.05, 4.69) is 4.98 Å². The van der Waals surface area contributed by atoms with Gasteiger partial charge in [-0.15, -0.1) is 0 Å². The molecule has 2 saturated heterocycles. The first-order valence-corrected chi connectivity index (χ1v) is 9.81. The third-order valence-electron chi connectivity index (χ3n) is 6.07. The van der Waals surface area contributed by atoms with Crippen molar-refractivity contribution in [3.8, 4) is 5.75 Å². The lowest BCUT2D eigenvalue weighted by atomic mass is 9.72. The number of phenols is 1. The van der Waals surface area contributed by atoms with Crippen molar-refractivity contribution in [3.05, 3.63) is 59.9 Å². The number of carbonyl (C=O) groups excluding carboxylic acids is 2. The van der Waals surface area contributed by atoms with Gasteiger partial charge in [0.25, 0.3) is 5.91 Å². The molecule has 2 fully saturated rings. The molecule has 6 nitrogen and oxygen atoms in total. The summed E-state index contributed by atoms with van der Waals surface area (Å²) in [5.74, 6) is 0.0896. The van der Waals surface area contributed by atoms with Gasteiger partial charge in [-0.25, -0.2) is 0 Å². The molecule has 4 rings (SSSR count). The normalized spacial score (nSPS) is 19.1. The second-order valence-electron chi connectivity index (χ2n) is 7.88. The van der Waals surface area contributed by atoms with E-state index in [1.165, 1.54) is 0 Å². The molecule has 6 heteroatoms. The number of aromatic hydroxyl groups is 1. The molecule has 0 aliphatic carbocycles. The number of phenolic OH excluding ortho intramolecular Hbond substituents is 1.